The fraction of sp³-hybridized carbons (Fsp3) is 0.600. The van der Waals surface area contributed by atoms with E-state index in [0.29, 0.717) is 12.0 Å². The summed E-state index contributed by atoms with van der Waals surface area (Å²) in [5, 5.41) is 3.60. The zero-order valence-corrected chi connectivity index (χ0v) is 13.1. The Morgan fingerprint density at radius 3 is 2.83 bits per heavy atom. The summed E-state index contributed by atoms with van der Waals surface area (Å²) < 4.78 is 1.17. The number of nitrogens with one attached hydrogen (secondary N) is 1. The summed E-state index contributed by atoms with van der Waals surface area (Å²) in [6.45, 7) is 10.1. The van der Waals surface area contributed by atoms with Crippen LogP contribution in [0.2, 0.25) is 0 Å². The van der Waals surface area contributed by atoms with Gasteiger partial charge in [0.25, 0.3) is 0 Å². The van der Waals surface area contributed by atoms with Gasteiger partial charge in [0.2, 0.25) is 0 Å². The zero-order chi connectivity index (χ0) is 13.1. The van der Waals surface area contributed by atoms with E-state index in [4.69, 9.17) is 0 Å². The van der Waals surface area contributed by atoms with Crippen molar-refractivity contribution in [2.75, 3.05) is 24.5 Å². The van der Waals surface area contributed by atoms with Crippen molar-refractivity contribution in [3.63, 3.8) is 0 Å². The van der Waals surface area contributed by atoms with Crippen molar-refractivity contribution in [2.45, 2.75) is 33.2 Å². The van der Waals surface area contributed by atoms with Crippen molar-refractivity contribution in [3.8, 4) is 0 Å². The number of aryl methyl sites for hydroxylation is 1. The Bertz CT molecular complexity index is 405. The van der Waals surface area contributed by atoms with Crippen LogP contribution in [0.15, 0.2) is 22.7 Å². The highest BCUT2D eigenvalue weighted by atomic mass is 79.9. The van der Waals surface area contributed by atoms with Crippen LogP contribution in [-0.2, 0) is 0 Å². The van der Waals surface area contributed by atoms with E-state index in [1.54, 1.807) is 0 Å². The topological polar surface area (TPSA) is 15.3 Å². The number of hydrogen-bond acceptors (Lipinski definition) is 2. The molecule has 0 aromatic heterocycles. The highest BCUT2D eigenvalue weighted by molar-refractivity contribution is 9.10. The second kappa shape index (κ2) is 6.07. The van der Waals surface area contributed by atoms with Crippen molar-refractivity contribution >= 4 is 21.6 Å². The normalized spacial score (nSPS) is 24.3. The minimum absolute atomic E-state index is 0.682. The second-order valence-electron chi connectivity index (χ2n) is 5.31. The lowest BCUT2D eigenvalue weighted by Gasteiger charge is -2.39. The monoisotopic (exact) mass is 310 g/mol. The standard InChI is InChI=1S/C15H23BrN2/c1-4-17-14-7-8-18(10-12(14)3)15-6-5-13(16)9-11(15)2/h5-6,9,12,14,17H,4,7-8,10H2,1-3H3. The largest absolute Gasteiger partial charge is 0.371 e. The maximum atomic E-state index is 3.60. The first-order valence-electron chi connectivity index (χ1n) is 6.86. The molecule has 1 aromatic carbocycles. The zero-order valence-electron chi connectivity index (χ0n) is 11.5. The molecular weight excluding hydrogens is 288 g/mol. The Labute approximate surface area is 119 Å². The number of hydrogen-bond donors (Lipinski definition) is 1. The van der Waals surface area contributed by atoms with E-state index in [-0.39, 0.29) is 0 Å². The third-order valence-corrected chi connectivity index (χ3v) is 4.36. The molecule has 0 bridgehead atoms. The van der Waals surface area contributed by atoms with Crippen molar-refractivity contribution in [3.05, 3.63) is 28.2 Å². The Kier molecular flexibility index (Phi) is 4.68. The molecule has 1 aromatic rings. The van der Waals surface area contributed by atoms with Gasteiger partial charge in [0.05, 0.1) is 0 Å². The molecule has 2 atom stereocenters. The van der Waals surface area contributed by atoms with E-state index >= 15 is 0 Å². The molecule has 1 fully saturated rings. The Morgan fingerprint density at radius 2 is 2.22 bits per heavy atom. The molecule has 0 radical (unpaired) electrons. The van der Waals surface area contributed by atoms with Crippen LogP contribution in [0.5, 0.6) is 0 Å². The molecule has 2 rings (SSSR count). The van der Waals surface area contributed by atoms with Gasteiger partial charge < -0.3 is 10.2 Å². The minimum Gasteiger partial charge on any atom is -0.371 e. The van der Waals surface area contributed by atoms with Gasteiger partial charge in [-0.05, 0) is 49.6 Å². The number of halogens is 1. The van der Waals surface area contributed by atoms with Crippen molar-refractivity contribution < 1.29 is 0 Å². The lowest BCUT2D eigenvalue weighted by molar-refractivity contribution is 0.326. The van der Waals surface area contributed by atoms with Gasteiger partial charge in [-0.1, -0.05) is 29.8 Å². The van der Waals surface area contributed by atoms with E-state index in [1.165, 1.54) is 22.1 Å². The predicted molar refractivity (Wildman–Crippen MR) is 82.3 cm³/mol. The van der Waals surface area contributed by atoms with Crippen LogP contribution in [0.1, 0.15) is 25.8 Å². The molecule has 0 saturated carbocycles. The maximum absolute atomic E-state index is 3.60. The van der Waals surface area contributed by atoms with E-state index < -0.39 is 0 Å². The first kappa shape index (κ1) is 13.9. The van der Waals surface area contributed by atoms with Gasteiger partial charge in [-0.2, -0.15) is 0 Å². The molecule has 2 unspecified atom stereocenters. The average Bonchev–Trinajstić information content (AvgIpc) is 2.32. The van der Waals surface area contributed by atoms with Crippen molar-refractivity contribution in [2.24, 2.45) is 5.92 Å². The van der Waals surface area contributed by atoms with Gasteiger partial charge in [-0.15, -0.1) is 0 Å². The molecule has 3 heteroatoms. The molecule has 1 N–H and O–H groups in total. The maximum Gasteiger partial charge on any atom is 0.0396 e. The van der Waals surface area contributed by atoms with Gasteiger partial charge in [0, 0.05) is 29.3 Å². The van der Waals surface area contributed by atoms with Crippen LogP contribution < -0.4 is 10.2 Å². The first-order chi connectivity index (χ1) is 8.61. The molecule has 1 aliphatic heterocycles. The summed E-state index contributed by atoms with van der Waals surface area (Å²) in [7, 11) is 0. The Morgan fingerprint density at radius 1 is 1.44 bits per heavy atom. The molecule has 1 saturated heterocycles. The van der Waals surface area contributed by atoms with Gasteiger partial charge in [0.15, 0.2) is 0 Å². The minimum atomic E-state index is 0.682. The lowest BCUT2D eigenvalue weighted by Crippen LogP contribution is -2.48. The van der Waals surface area contributed by atoms with Gasteiger partial charge in [-0.3, -0.25) is 0 Å². The fourth-order valence-corrected chi connectivity index (χ4v) is 3.38. The average molecular weight is 311 g/mol. The number of rotatable bonds is 3. The van der Waals surface area contributed by atoms with Crippen LogP contribution >= 0.6 is 15.9 Å². The summed E-state index contributed by atoms with van der Waals surface area (Å²) in [5.41, 5.74) is 2.75. The van der Waals surface area contributed by atoms with E-state index in [2.05, 4.69) is 65.1 Å². The quantitative estimate of drug-likeness (QED) is 0.918. The molecule has 18 heavy (non-hydrogen) atoms. The third-order valence-electron chi connectivity index (χ3n) is 3.87. The SMILES string of the molecule is CCNC1CCN(c2ccc(Br)cc2C)CC1C. The predicted octanol–water partition coefficient (Wildman–Crippen LogP) is 3.58. The summed E-state index contributed by atoms with van der Waals surface area (Å²) in [6, 6.07) is 7.27. The molecular formula is C15H23BrN2. The van der Waals surface area contributed by atoms with E-state index in [0.717, 1.165) is 19.6 Å². The summed E-state index contributed by atoms with van der Waals surface area (Å²) in [6.07, 6.45) is 1.24. The van der Waals surface area contributed by atoms with E-state index in [1.807, 2.05) is 0 Å². The number of anilines is 1. The lowest BCUT2D eigenvalue weighted by atomic mass is 9.93. The van der Waals surface area contributed by atoms with Crippen LogP contribution in [0.25, 0.3) is 0 Å². The molecule has 0 amide bonds. The van der Waals surface area contributed by atoms with Crippen molar-refractivity contribution in [1.29, 1.82) is 0 Å². The highest BCUT2D eigenvalue weighted by Crippen LogP contribution is 2.28. The fourth-order valence-electron chi connectivity index (χ4n) is 2.90. The van der Waals surface area contributed by atoms with Crippen LogP contribution in [0, 0.1) is 12.8 Å². The smallest absolute Gasteiger partial charge is 0.0396 e. The Hall–Kier alpha value is -0.540. The second-order valence-corrected chi connectivity index (χ2v) is 6.22. The molecule has 0 aliphatic carbocycles. The molecule has 1 heterocycles. The summed E-state index contributed by atoms with van der Waals surface area (Å²) >= 11 is 3.53. The first-order valence-corrected chi connectivity index (χ1v) is 7.65. The Balaban J connectivity index is 2.07. The number of benzene rings is 1. The van der Waals surface area contributed by atoms with E-state index in [9.17, 15) is 0 Å². The van der Waals surface area contributed by atoms with Gasteiger partial charge >= 0.3 is 0 Å². The highest BCUT2D eigenvalue weighted by Gasteiger charge is 2.25. The van der Waals surface area contributed by atoms with Crippen LogP contribution in [0.3, 0.4) is 0 Å². The van der Waals surface area contributed by atoms with Crippen LogP contribution in [-0.4, -0.2) is 25.7 Å². The number of nitrogens with zero attached hydrogens (tertiary/aromatic N) is 1. The van der Waals surface area contributed by atoms with Crippen LogP contribution in [0.4, 0.5) is 5.69 Å². The number of piperidine rings is 1. The molecule has 1 aliphatic rings. The van der Waals surface area contributed by atoms with Gasteiger partial charge in [0.1, 0.15) is 0 Å². The summed E-state index contributed by atoms with van der Waals surface area (Å²) in [5.74, 6) is 0.710. The van der Waals surface area contributed by atoms with Gasteiger partial charge in [-0.25, -0.2) is 0 Å². The third kappa shape index (κ3) is 3.07. The van der Waals surface area contributed by atoms with Crippen molar-refractivity contribution in [1.82, 2.24) is 5.32 Å². The molecule has 100 valence electrons. The molecule has 2 nitrogen and oxygen atoms in total. The summed E-state index contributed by atoms with van der Waals surface area (Å²) in [4.78, 5) is 2.53. The molecule has 0 spiro atoms.